The van der Waals surface area contributed by atoms with Gasteiger partial charge in [0.2, 0.25) is 0 Å². The van der Waals surface area contributed by atoms with Crippen molar-refractivity contribution in [3.8, 4) is 12.3 Å². The molecule has 0 spiro atoms. The van der Waals surface area contributed by atoms with Gasteiger partial charge in [0.15, 0.2) is 0 Å². The predicted octanol–water partition coefficient (Wildman–Crippen LogP) is 2.63. The average Bonchev–Trinajstić information content (AvgIpc) is 2.46. The lowest BCUT2D eigenvalue weighted by molar-refractivity contribution is 0.327. The third-order valence-corrected chi connectivity index (χ3v) is 4.47. The maximum absolute atomic E-state index is 12.3. The first-order valence-electron chi connectivity index (χ1n) is 6.49. The van der Waals surface area contributed by atoms with Gasteiger partial charge in [0.25, 0.3) is 10.1 Å². The van der Waals surface area contributed by atoms with E-state index in [1.54, 1.807) is 18.2 Å². The molecule has 0 aliphatic rings. The summed E-state index contributed by atoms with van der Waals surface area (Å²) in [7, 11) is 0.0164. The Balaban J connectivity index is 2.56. The standard InChI is InChI=1S/C16H17NO3S/c1-4-5-12-20-21(18,19)16-11-7-8-13-14(16)9-6-10-15(13)17(2)3/h1,6-11H,5,12H2,2-3H3. The molecule has 5 heteroatoms. The maximum atomic E-state index is 12.3. The molecule has 0 N–H and O–H groups in total. The summed E-state index contributed by atoms with van der Waals surface area (Å²) in [4.78, 5) is 2.11. The van der Waals surface area contributed by atoms with Gasteiger partial charge < -0.3 is 4.90 Å². The summed E-state index contributed by atoms with van der Waals surface area (Å²) >= 11 is 0. The van der Waals surface area contributed by atoms with Crippen LogP contribution in [0.25, 0.3) is 10.8 Å². The monoisotopic (exact) mass is 303 g/mol. The average molecular weight is 303 g/mol. The molecule has 4 nitrogen and oxygen atoms in total. The minimum absolute atomic E-state index is 0.0113. The van der Waals surface area contributed by atoms with Gasteiger partial charge in [-0.15, -0.1) is 12.3 Å². The highest BCUT2D eigenvalue weighted by molar-refractivity contribution is 7.87. The second-order valence-electron chi connectivity index (χ2n) is 4.75. The molecule has 0 aliphatic carbocycles. The van der Waals surface area contributed by atoms with E-state index in [0.717, 1.165) is 11.1 Å². The molecule has 2 aromatic rings. The first kappa shape index (κ1) is 15.4. The third kappa shape index (κ3) is 3.18. The van der Waals surface area contributed by atoms with E-state index in [9.17, 15) is 8.42 Å². The Hall–Kier alpha value is -2.03. The first-order chi connectivity index (χ1) is 9.97. The van der Waals surface area contributed by atoms with Crippen LogP contribution in [0.4, 0.5) is 5.69 Å². The van der Waals surface area contributed by atoms with Crippen LogP contribution in [0.5, 0.6) is 0 Å². The predicted molar refractivity (Wildman–Crippen MR) is 84.9 cm³/mol. The molecule has 0 aliphatic heterocycles. The van der Waals surface area contributed by atoms with Gasteiger partial charge in [0.1, 0.15) is 4.90 Å². The van der Waals surface area contributed by atoms with Crippen molar-refractivity contribution in [1.29, 1.82) is 0 Å². The number of hydrogen-bond donors (Lipinski definition) is 0. The van der Waals surface area contributed by atoms with Gasteiger partial charge in [-0.1, -0.05) is 24.3 Å². The highest BCUT2D eigenvalue weighted by Gasteiger charge is 2.19. The smallest absolute Gasteiger partial charge is 0.297 e. The van der Waals surface area contributed by atoms with Crippen LogP contribution in [0.2, 0.25) is 0 Å². The van der Waals surface area contributed by atoms with Crippen LogP contribution in [0.3, 0.4) is 0 Å². The van der Waals surface area contributed by atoms with Crippen molar-refractivity contribution in [1.82, 2.24) is 0 Å². The normalized spacial score (nSPS) is 11.3. The van der Waals surface area contributed by atoms with Crippen molar-refractivity contribution in [2.75, 3.05) is 25.6 Å². The Morgan fingerprint density at radius 3 is 2.48 bits per heavy atom. The molecule has 0 fully saturated rings. The molecule has 0 bridgehead atoms. The highest BCUT2D eigenvalue weighted by atomic mass is 32.2. The fraction of sp³-hybridized carbons (Fsp3) is 0.250. The molecule has 110 valence electrons. The number of fused-ring (bicyclic) bond motifs is 1. The number of anilines is 1. The quantitative estimate of drug-likeness (QED) is 0.484. The fourth-order valence-electron chi connectivity index (χ4n) is 2.15. The van der Waals surface area contributed by atoms with Crippen molar-refractivity contribution in [2.24, 2.45) is 0 Å². The van der Waals surface area contributed by atoms with Crippen molar-refractivity contribution in [2.45, 2.75) is 11.3 Å². The van der Waals surface area contributed by atoms with Gasteiger partial charge >= 0.3 is 0 Å². The summed E-state index contributed by atoms with van der Waals surface area (Å²) in [5, 5.41) is 1.51. The molecule has 0 radical (unpaired) electrons. The second kappa shape index (κ2) is 6.17. The number of terminal acetylenes is 1. The maximum Gasteiger partial charge on any atom is 0.297 e. The van der Waals surface area contributed by atoms with Crippen molar-refractivity contribution < 1.29 is 12.6 Å². The summed E-state index contributed by atoms with van der Waals surface area (Å²) in [5.74, 6) is 2.36. The highest BCUT2D eigenvalue weighted by Crippen LogP contribution is 2.30. The van der Waals surface area contributed by atoms with Crippen molar-refractivity contribution >= 4 is 26.6 Å². The zero-order valence-electron chi connectivity index (χ0n) is 12.0. The van der Waals surface area contributed by atoms with E-state index in [1.165, 1.54) is 0 Å². The van der Waals surface area contributed by atoms with Crippen LogP contribution in [0, 0.1) is 12.3 Å². The fourth-order valence-corrected chi connectivity index (χ4v) is 3.27. The van der Waals surface area contributed by atoms with Gasteiger partial charge in [-0.05, 0) is 12.1 Å². The minimum Gasteiger partial charge on any atom is -0.377 e. The number of rotatable bonds is 5. The van der Waals surface area contributed by atoms with Gasteiger partial charge in [-0.25, -0.2) is 0 Å². The number of benzene rings is 2. The summed E-state index contributed by atoms with van der Waals surface area (Å²) in [6.45, 7) is -0.0113. The number of nitrogens with zero attached hydrogens (tertiary/aromatic N) is 1. The zero-order valence-corrected chi connectivity index (χ0v) is 12.9. The van der Waals surface area contributed by atoms with E-state index < -0.39 is 10.1 Å². The Morgan fingerprint density at radius 2 is 1.81 bits per heavy atom. The van der Waals surface area contributed by atoms with Crippen LogP contribution in [0.1, 0.15) is 6.42 Å². The molecule has 0 saturated carbocycles. The zero-order chi connectivity index (χ0) is 15.5. The number of hydrogen-bond acceptors (Lipinski definition) is 4. The second-order valence-corrected chi connectivity index (χ2v) is 6.34. The van der Waals surface area contributed by atoms with Crippen LogP contribution in [-0.2, 0) is 14.3 Å². The van der Waals surface area contributed by atoms with Gasteiger partial charge in [-0.2, -0.15) is 8.42 Å². The molecule has 0 saturated heterocycles. The topological polar surface area (TPSA) is 46.6 Å². The minimum atomic E-state index is -3.82. The van der Waals surface area contributed by atoms with E-state index in [4.69, 9.17) is 10.6 Å². The molecule has 0 unspecified atom stereocenters. The summed E-state index contributed by atoms with van der Waals surface area (Å²) in [5.41, 5.74) is 0.952. The molecular weight excluding hydrogens is 286 g/mol. The molecule has 21 heavy (non-hydrogen) atoms. The largest absolute Gasteiger partial charge is 0.377 e. The lowest BCUT2D eigenvalue weighted by Gasteiger charge is -2.16. The van der Waals surface area contributed by atoms with Crippen LogP contribution in [-0.4, -0.2) is 29.1 Å². The van der Waals surface area contributed by atoms with E-state index in [-0.39, 0.29) is 17.9 Å². The van der Waals surface area contributed by atoms with Crippen LogP contribution in [0.15, 0.2) is 41.3 Å². The summed E-state index contributed by atoms with van der Waals surface area (Å²) in [6.07, 6.45) is 5.37. The van der Waals surface area contributed by atoms with Crippen molar-refractivity contribution in [3.63, 3.8) is 0 Å². The van der Waals surface area contributed by atoms with E-state index in [1.807, 2.05) is 37.2 Å². The third-order valence-electron chi connectivity index (χ3n) is 3.10. The van der Waals surface area contributed by atoms with E-state index in [2.05, 4.69) is 5.92 Å². The summed E-state index contributed by atoms with van der Waals surface area (Å²) in [6, 6.07) is 10.7. The molecule has 0 aromatic heterocycles. The molecule has 0 heterocycles. The molecule has 0 amide bonds. The molecular formula is C16H17NO3S. The lowest BCUT2D eigenvalue weighted by Crippen LogP contribution is -2.11. The Morgan fingerprint density at radius 1 is 1.14 bits per heavy atom. The lowest BCUT2D eigenvalue weighted by atomic mass is 10.1. The molecule has 2 aromatic carbocycles. The van der Waals surface area contributed by atoms with Gasteiger partial charge in [-0.3, -0.25) is 4.18 Å². The van der Waals surface area contributed by atoms with Crippen molar-refractivity contribution in [3.05, 3.63) is 36.4 Å². The first-order valence-corrected chi connectivity index (χ1v) is 7.90. The molecule has 2 rings (SSSR count). The Bertz CT molecular complexity index is 789. The Labute approximate surface area is 125 Å². The van der Waals surface area contributed by atoms with Crippen LogP contribution < -0.4 is 4.90 Å². The van der Waals surface area contributed by atoms with E-state index in [0.29, 0.717) is 5.39 Å². The molecule has 0 atom stereocenters. The Kier molecular flexibility index (Phi) is 4.51. The SMILES string of the molecule is C#CCCOS(=O)(=O)c1cccc2c(N(C)C)cccc12. The summed E-state index contributed by atoms with van der Waals surface area (Å²) < 4.78 is 29.6. The van der Waals surface area contributed by atoms with Gasteiger partial charge in [0, 0.05) is 37.0 Å². The van der Waals surface area contributed by atoms with Crippen LogP contribution >= 0.6 is 0 Å². The van der Waals surface area contributed by atoms with Gasteiger partial charge in [0.05, 0.1) is 6.61 Å². The van der Waals surface area contributed by atoms with E-state index >= 15 is 0 Å².